The van der Waals surface area contributed by atoms with E-state index < -0.39 is 0 Å². The highest BCUT2D eigenvalue weighted by molar-refractivity contribution is 5.54. The van der Waals surface area contributed by atoms with Crippen LogP contribution in [0.2, 0.25) is 0 Å². The topological polar surface area (TPSA) is 58.4 Å². The highest BCUT2D eigenvalue weighted by atomic mass is 16.6. The third-order valence-electron chi connectivity index (χ3n) is 3.83. The third-order valence-corrected chi connectivity index (χ3v) is 3.83. The van der Waals surface area contributed by atoms with Gasteiger partial charge >= 0.3 is 0 Å². The Labute approximate surface area is 120 Å². The Balaban J connectivity index is 1.86. The zero-order valence-corrected chi connectivity index (χ0v) is 12.3. The fraction of sp³-hybridized carbons (Fsp3) is 0.600. The Hall–Kier alpha value is -1.62. The normalized spacial score (nSPS) is 17.1. The third kappa shape index (κ3) is 3.93. The minimum absolute atomic E-state index is 0.183. The number of benzene rings is 1. The van der Waals surface area contributed by atoms with Crippen molar-refractivity contribution in [2.75, 3.05) is 31.5 Å². The van der Waals surface area contributed by atoms with E-state index in [1.165, 1.54) is 25.9 Å². The molecule has 1 aromatic carbocycles. The van der Waals surface area contributed by atoms with E-state index in [9.17, 15) is 10.1 Å². The number of aryl methyl sites for hydroxylation is 1. The average molecular weight is 277 g/mol. The molecule has 0 aliphatic carbocycles. The molecule has 0 amide bonds. The number of anilines is 1. The summed E-state index contributed by atoms with van der Waals surface area (Å²) in [5, 5.41) is 14.2. The van der Waals surface area contributed by atoms with Crippen molar-refractivity contribution in [2.45, 2.75) is 26.7 Å². The summed E-state index contributed by atoms with van der Waals surface area (Å²) in [5.74, 6) is 0.536. The molecule has 1 aliphatic rings. The van der Waals surface area contributed by atoms with E-state index in [2.05, 4.69) is 17.1 Å². The van der Waals surface area contributed by atoms with Gasteiger partial charge in [0.15, 0.2) is 0 Å². The molecule has 20 heavy (non-hydrogen) atoms. The van der Waals surface area contributed by atoms with E-state index in [0.29, 0.717) is 11.5 Å². The molecule has 0 aromatic heterocycles. The maximum Gasteiger partial charge on any atom is 0.274 e. The number of nitrogens with zero attached hydrogens (tertiary/aromatic N) is 2. The number of nitrogens with one attached hydrogen (secondary N) is 1. The van der Waals surface area contributed by atoms with E-state index in [1.807, 2.05) is 6.07 Å². The molecular formula is C15H23N3O2. The highest BCUT2D eigenvalue weighted by Gasteiger charge is 2.15. The molecule has 0 saturated carbocycles. The number of nitro groups is 1. The fourth-order valence-corrected chi connectivity index (χ4v) is 2.68. The molecule has 110 valence electrons. The predicted octanol–water partition coefficient (Wildman–Crippen LogP) is 3.05. The maximum absolute atomic E-state index is 10.9. The largest absolute Gasteiger partial charge is 0.385 e. The monoisotopic (exact) mass is 277 g/mol. The lowest BCUT2D eigenvalue weighted by Crippen LogP contribution is -2.28. The number of rotatable bonds is 6. The van der Waals surface area contributed by atoms with Crippen LogP contribution in [-0.4, -0.2) is 36.0 Å². The molecule has 1 aromatic rings. The van der Waals surface area contributed by atoms with Crippen LogP contribution < -0.4 is 5.32 Å². The second-order valence-electron chi connectivity index (χ2n) is 5.75. The molecule has 1 unspecified atom stereocenters. The van der Waals surface area contributed by atoms with Gasteiger partial charge in [0.25, 0.3) is 5.69 Å². The molecule has 0 spiro atoms. The van der Waals surface area contributed by atoms with Crippen LogP contribution in [0.5, 0.6) is 0 Å². The van der Waals surface area contributed by atoms with Crippen LogP contribution in [0, 0.1) is 23.0 Å². The minimum atomic E-state index is -0.325. The summed E-state index contributed by atoms with van der Waals surface area (Å²) in [7, 11) is 0. The molecule has 0 radical (unpaired) electrons. The van der Waals surface area contributed by atoms with Crippen LogP contribution in [-0.2, 0) is 0 Å². The van der Waals surface area contributed by atoms with Crippen molar-refractivity contribution in [1.29, 1.82) is 0 Å². The van der Waals surface area contributed by atoms with Crippen LogP contribution in [0.1, 0.15) is 25.3 Å². The molecule has 1 aliphatic heterocycles. The second-order valence-corrected chi connectivity index (χ2v) is 5.75. The van der Waals surface area contributed by atoms with Crippen LogP contribution in [0.15, 0.2) is 18.2 Å². The van der Waals surface area contributed by atoms with Gasteiger partial charge in [-0.25, -0.2) is 0 Å². The first-order valence-corrected chi connectivity index (χ1v) is 7.27. The van der Waals surface area contributed by atoms with Gasteiger partial charge in [-0.05, 0) is 44.8 Å². The molecule has 0 bridgehead atoms. The summed E-state index contributed by atoms with van der Waals surface area (Å²) in [6.45, 7) is 8.34. The number of hydrogen-bond acceptors (Lipinski definition) is 4. The van der Waals surface area contributed by atoms with Crippen molar-refractivity contribution in [3.8, 4) is 0 Å². The first-order valence-electron chi connectivity index (χ1n) is 7.27. The summed E-state index contributed by atoms with van der Waals surface area (Å²) in [5.41, 5.74) is 1.71. The Morgan fingerprint density at radius 1 is 1.40 bits per heavy atom. The van der Waals surface area contributed by atoms with Crippen molar-refractivity contribution >= 4 is 11.4 Å². The molecule has 2 rings (SSSR count). The van der Waals surface area contributed by atoms with E-state index >= 15 is 0 Å². The standard InChI is InChI=1S/C15H23N3O2/c1-12(11-17-7-3-4-8-17)10-16-14-6-5-13(2)15(9-14)18(19)20/h5-6,9,12,16H,3-4,7-8,10-11H2,1-2H3. The van der Waals surface area contributed by atoms with Crippen LogP contribution in [0.25, 0.3) is 0 Å². The van der Waals surface area contributed by atoms with Gasteiger partial charge in [0.2, 0.25) is 0 Å². The molecule has 1 atom stereocenters. The zero-order chi connectivity index (χ0) is 14.5. The Bertz CT molecular complexity index is 470. The van der Waals surface area contributed by atoms with Gasteiger partial charge < -0.3 is 10.2 Å². The Morgan fingerprint density at radius 3 is 2.75 bits per heavy atom. The molecule has 1 fully saturated rings. The van der Waals surface area contributed by atoms with Crippen molar-refractivity contribution in [3.05, 3.63) is 33.9 Å². The number of likely N-dealkylation sites (tertiary alicyclic amines) is 1. The number of nitro benzene ring substituents is 1. The Kier molecular flexibility index (Phi) is 4.95. The van der Waals surface area contributed by atoms with E-state index in [4.69, 9.17) is 0 Å². The summed E-state index contributed by atoms with van der Waals surface area (Å²) in [4.78, 5) is 13.1. The van der Waals surface area contributed by atoms with E-state index in [1.54, 1.807) is 19.1 Å². The first-order chi connectivity index (χ1) is 9.56. The second kappa shape index (κ2) is 6.70. The summed E-state index contributed by atoms with van der Waals surface area (Å²) < 4.78 is 0. The highest BCUT2D eigenvalue weighted by Crippen LogP contribution is 2.22. The minimum Gasteiger partial charge on any atom is -0.385 e. The van der Waals surface area contributed by atoms with Crippen LogP contribution in [0.4, 0.5) is 11.4 Å². The van der Waals surface area contributed by atoms with E-state index in [0.717, 1.165) is 18.8 Å². The van der Waals surface area contributed by atoms with Gasteiger partial charge in [0, 0.05) is 30.4 Å². The van der Waals surface area contributed by atoms with E-state index in [-0.39, 0.29) is 10.6 Å². The molecule has 1 N–H and O–H groups in total. The molecule has 5 nitrogen and oxygen atoms in total. The van der Waals surface area contributed by atoms with Crippen LogP contribution >= 0.6 is 0 Å². The molecule has 1 heterocycles. The summed E-state index contributed by atoms with van der Waals surface area (Å²) in [6.07, 6.45) is 2.62. The predicted molar refractivity (Wildman–Crippen MR) is 81.2 cm³/mol. The lowest BCUT2D eigenvalue weighted by atomic mass is 10.1. The lowest BCUT2D eigenvalue weighted by molar-refractivity contribution is -0.385. The van der Waals surface area contributed by atoms with Crippen molar-refractivity contribution in [1.82, 2.24) is 4.90 Å². The quantitative estimate of drug-likeness (QED) is 0.641. The van der Waals surface area contributed by atoms with Crippen molar-refractivity contribution < 1.29 is 4.92 Å². The van der Waals surface area contributed by atoms with Gasteiger partial charge in [-0.15, -0.1) is 0 Å². The smallest absolute Gasteiger partial charge is 0.274 e. The first kappa shape index (κ1) is 14.8. The molecule has 1 saturated heterocycles. The van der Waals surface area contributed by atoms with Crippen LogP contribution in [0.3, 0.4) is 0 Å². The molecule has 5 heteroatoms. The van der Waals surface area contributed by atoms with Crippen molar-refractivity contribution in [2.24, 2.45) is 5.92 Å². The van der Waals surface area contributed by atoms with Gasteiger partial charge in [-0.2, -0.15) is 0 Å². The lowest BCUT2D eigenvalue weighted by Gasteiger charge is -2.20. The van der Waals surface area contributed by atoms with Gasteiger partial charge in [0.1, 0.15) is 0 Å². The zero-order valence-electron chi connectivity index (χ0n) is 12.3. The SMILES string of the molecule is Cc1ccc(NCC(C)CN2CCCC2)cc1[N+](=O)[O-]. The van der Waals surface area contributed by atoms with Gasteiger partial charge in [-0.3, -0.25) is 10.1 Å². The maximum atomic E-state index is 10.9. The molecular weight excluding hydrogens is 254 g/mol. The fourth-order valence-electron chi connectivity index (χ4n) is 2.68. The van der Waals surface area contributed by atoms with Gasteiger partial charge in [-0.1, -0.05) is 13.0 Å². The number of hydrogen-bond donors (Lipinski definition) is 1. The van der Waals surface area contributed by atoms with Crippen molar-refractivity contribution in [3.63, 3.8) is 0 Å². The average Bonchev–Trinajstić information content (AvgIpc) is 2.90. The summed E-state index contributed by atoms with van der Waals surface area (Å²) in [6, 6.07) is 5.33. The summed E-state index contributed by atoms with van der Waals surface area (Å²) >= 11 is 0. The van der Waals surface area contributed by atoms with Gasteiger partial charge in [0.05, 0.1) is 4.92 Å². The Morgan fingerprint density at radius 2 is 2.10 bits per heavy atom.